The van der Waals surface area contributed by atoms with E-state index in [1.54, 1.807) is 0 Å². The summed E-state index contributed by atoms with van der Waals surface area (Å²) in [7, 11) is 0. The summed E-state index contributed by atoms with van der Waals surface area (Å²) in [5.41, 5.74) is 7.29. The van der Waals surface area contributed by atoms with Crippen LogP contribution < -0.4 is 0 Å². The molecule has 0 aliphatic carbocycles. The van der Waals surface area contributed by atoms with Crippen LogP contribution in [-0.2, 0) is 0 Å². The van der Waals surface area contributed by atoms with Gasteiger partial charge in [0.25, 0.3) is 0 Å². The van der Waals surface area contributed by atoms with Crippen molar-refractivity contribution in [2.75, 3.05) is 0 Å². The van der Waals surface area contributed by atoms with Gasteiger partial charge in [-0.3, -0.25) is 0 Å². The maximum absolute atomic E-state index is 4.94. The zero-order valence-corrected chi connectivity index (χ0v) is 12.6. The first-order valence-electron chi connectivity index (χ1n) is 7.47. The maximum Gasteiger partial charge on any atom is 0.0874 e. The third-order valence-electron chi connectivity index (χ3n) is 4.28. The molecule has 2 heteroatoms. The van der Waals surface area contributed by atoms with E-state index in [0.29, 0.717) is 5.92 Å². The highest BCUT2D eigenvalue weighted by Crippen LogP contribution is 2.33. The molecule has 4 aromatic rings. The van der Waals surface area contributed by atoms with Gasteiger partial charge in [0.1, 0.15) is 0 Å². The van der Waals surface area contributed by atoms with Gasteiger partial charge in [-0.25, -0.2) is 4.98 Å². The molecule has 4 rings (SSSR count). The highest BCUT2D eigenvalue weighted by atomic mass is 15.0. The second-order valence-corrected chi connectivity index (χ2v) is 5.97. The number of rotatable bonds is 1. The molecule has 0 aliphatic rings. The maximum atomic E-state index is 4.94. The van der Waals surface area contributed by atoms with Crippen LogP contribution in [0, 0.1) is 6.92 Å². The van der Waals surface area contributed by atoms with Crippen molar-refractivity contribution in [2.24, 2.45) is 0 Å². The molecule has 2 heterocycles. The van der Waals surface area contributed by atoms with Gasteiger partial charge in [0, 0.05) is 5.39 Å². The minimum Gasteiger partial charge on any atom is -0.306 e. The first-order valence-corrected chi connectivity index (χ1v) is 7.47. The van der Waals surface area contributed by atoms with E-state index in [0.717, 1.165) is 5.52 Å². The van der Waals surface area contributed by atoms with Gasteiger partial charge in [0.05, 0.1) is 27.8 Å². The quantitative estimate of drug-likeness (QED) is 0.473. The summed E-state index contributed by atoms with van der Waals surface area (Å²) in [4.78, 5) is 4.94. The Kier molecular flexibility index (Phi) is 2.55. The molecule has 2 aromatic heterocycles. The number of fused-ring (bicyclic) bond motifs is 5. The zero-order chi connectivity index (χ0) is 14.6. The van der Waals surface area contributed by atoms with Gasteiger partial charge < -0.3 is 4.40 Å². The second kappa shape index (κ2) is 4.32. The molecular formula is C19H18N2. The van der Waals surface area contributed by atoms with Crippen molar-refractivity contribution in [1.82, 2.24) is 9.38 Å². The fourth-order valence-corrected chi connectivity index (χ4v) is 3.29. The molecule has 0 amide bonds. The molecule has 21 heavy (non-hydrogen) atoms. The van der Waals surface area contributed by atoms with Crippen molar-refractivity contribution in [3.8, 4) is 0 Å². The van der Waals surface area contributed by atoms with Crippen molar-refractivity contribution in [3.05, 3.63) is 59.8 Å². The van der Waals surface area contributed by atoms with E-state index in [9.17, 15) is 0 Å². The minimum absolute atomic E-state index is 0.403. The normalized spacial score (nSPS) is 12.0. The van der Waals surface area contributed by atoms with Gasteiger partial charge in [0.15, 0.2) is 0 Å². The van der Waals surface area contributed by atoms with Gasteiger partial charge in [-0.2, -0.15) is 0 Å². The topological polar surface area (TPSA) is 17.3 Å². The highest BCUT2D eigenvalue weighted by Gasteiger charge is 2.17. The Balaban J connectivity index is 2.39. The summed E-state index contributed by atoms with van der Waals surface area (Å²) in [5.74, 6) is 0.403. The van der Waals surface area contributed by atoms with Crippen molar-refractivity contribution in [1.29, 1.82) is 0 Å². The molecule has 0 atom stereocenters. The van der Waals surface area contributed by atoms with E-state index in [1.807, 2.05) is 0 Å². The average molecular weight is 274 g/mol. The Morgan fingerprint density at radius 1 is 0.905 bits per heavy atom. The predicted molar refractivity (Wildman–Crippen MR) is 89.0 cm³/mol. The Morgan fingerprint density at radius 2 is 1.57 bits per heavy atom. The summed E-state index contributed by atoms with van der Waals surface area (Å²) in [6.45, 7) is 6.64. The molecule has 0 aliphatic heterocycles. The Morgan fingerprint density at radius 3 is 2.33 bits per heavy atom. The lowest BCUT2D eigenvalue weighted by molar-refractivity contribution is 0.832. The second-order valence-electron chi connectivity index (χ2n) is 5.97. The first-order chi connectivity index (χ1) is 10.2. The molecular weight excluding hydrogens is 256 g/mol. The number of hydrogen-bond donors (Lipinski definition) is 0. The van der Waals surface area contributed by atoms with Crippen molar-refractivity contribution in [3.63, 3.8) is 0 Å². The monoisotopic (exact) mass is 274 g/mol. The molecule has 2 nitrogen and oxygen atoms in total. The van der Waals surface area contributed by atoms with Crippen molar-refractivity contribution in [2.45, 2.75) is 26.7 Å². The number of hydrogen-bond acceptors (Lipinski definition) is 1. The molecule has 0 saturated heterocycles. The Bertz CT molecular complexity index is 977. The molecule has 0 radical (unpaired) electrons. The number of aryl methyl sites for hydroxylation is 1. The number of nitrogens with zero attached hydrogens (tertiary/aromatic N) is 2. The van der Waals surface area contributed by atoms with Crippen LogP contribution in [0.25, 0.3) is 27.5 Å². The van der Waals surface area contributed by atoms with E-state index >= 15 is 0 Å². The van der Waals surface area contributed by atoms with Gasteiger partial charge in [-0.1, -0.05) is 44.2 Å². The SMILES string of the molecule is Cc1c2ccccc2n2c1c(C(C)C)nc1ccccc12. The van der Waals surface area contributed by atoms with Crippen LogP contribution in [-0.4, -0.2) is 9.38 Å². The van der Waals surface area contributed by atoms with Crippen LogP contribution >= 0.6 is 0 Å². The number of benzene rings is 2. The van der Waals surface area contributed by atoms with E-state index in [2.05, 4.69) is 73.7 Å². The standard InChI is InChI=1S/C19H18N2/c1-12(2)18-19-13(3)14-8-4-6-10-16(14)21(19)17-11-7-5-9-15(17)20-18/h4-12H,1-3H3. The molecule has 104 valence electrons. The lowest BCUT2D eigenvalue weighted by atomic mass is 10.1. The molecule has 0 N–H and O–H groups in total. The van der Waals surface area contributed by atoms with Crippen molar-refractivity contribution < 1.29 is 0 Å². The van der Waals surface area contributed by atoms with Crippen LogP contribution in [0.2, 0.25) is 0 Å². The lowest BCUT2D eigenvalue weighted by Crippen LogP contribution is -2.00. The number of para-hydroxylation sites is 3. The average Bonchev–Trinajstić information content (AvgIpc) is 2.81. The fraction of sp³-hybridized carbons (Fsp3) is 0.211. The molecule has 0 bridgehead atoms. The molecule has 0 unspecified atom stereocenters. The molecule has 0 spiro atoms. The summed E-state index contributed by atoms with van der Waals surface area (Å²) in [6, 6.07) is 17.0. The third kappa shape index (κ3) is 1.62. The smallest absolute Gasteiger partial charge is 0.0874 e. The van der Waals surface area contributed by atoms with Crippen LogP contribution in [0.15, 0.2) is 48.5 Å². The van der Waals surface area contributed by atoms with Crippen LogP contribution in [0.3, 0.4) is 0 Å². The van der Waals surface area contributed by atoms with Gasteiger partial charge in [-0.15, -0.1) is 0 Å². The van der Waals surface area contributed by atoms with E-state index in [-0.39, 0.29) is 0 Å². The summed E-state index contributed by atoms with van der Waals surface area (Å²) >= 11 is 0. The van der Waals surface area contributed by atoms with Crippen LogP contribution in [0.4, 0.5) is 0 Å². The largest absolute Gasteiger partial charge is 0.306 e. The highest BCUT2D eigenvalue weighted by molar-refractivity contribution is 5.97. The van der Waals surface area contributed by atoms with E-state index < -0.39 is 0 Å². The van der Waals surface area contributed by atoms with Gasteiger partial charge in [0.2, 0.25) is 0 Å². The summed E-state index contributed by atoms with van der Waals surface area (Å²) in [6.07, 6.45) is 0. The minimum atomic E-state index is 0.403. The lowest BCUT2D eigenvalue weighted by Gasteiger charge is -2.12. The fourth-order valence-electron chi connectivity index (χ4n) is 3.29. The predicted octanol–water partition coefficient (Wildman–Crippen LogP) is 5.07. The van der Waals surface area contributed by atoms with Gasteiger partial charge in [-0.05, 0) is 36.6 Å². The zero-order valence-electron chi connectivity index (χ0n) is 12.6. The van der Waals surface area contributed by atoms with E-state index in [1.165, 1.54) is 33.2 Å². The Hall–Kier alpha value is -2.35. The third-order valence-corrected chi connectivity index (χ3v) is 4.28. The van der Waals surface area contributed by atoms with Crippen LogP contribution in [0.1, 0.15) is 31.0 Å². The van der Waals surface area contributed by atoms with Gasteiger partial charge >= 0.3 is 0 Å². The molecule has 0 fully saturated rings. The number of aromatic nitrogens is 2. The van der Waals surface area contributed by atoms with Crippen molar-refractivity contribution >= 4 is 27.5 Å². The summed E-state index contributed by atoms with van der Waals surface area (Å²) in [5, 5.41) is 1.32. The molecule has 0 saturated carbocycles. The Labute approximate surface area is 124 Å². The summed E-state index contributed by atoms with van der Waals surface area (Å²) < 4.78 is 2.38. The molecule has 2 aromatic carbocycles. The van der Waals surface area contributed by atoms with Crippen LogP contribution in [0.5, 0.6) is 0 Å². The van der Waals surface area contributed by atoms with E-state index in [4.69, 9.17) is 4.98 Å². The first kappa shape index (κ1) is 12.4.